The summed E-state index contributed by atoms with van der Waals surface area (Å²) >= 11 is 0. The summed E-state index contributed by atoms with van der Waals surface area (Å²) in [5.74, 6) is -0.779. The van der Waals surface area contributed by atoms with Crippen molar-refractivity contribution in [1.29, 1.82) is 0 Å². The van der Waals surface area contributed by atoms with Crippen LogP contribution in [0.1, 0.15) is 25.0 Å². The first-order valence-electron chi connectivity index (χ1n) is 10.9. The molecule has 0 saturated carbocycles. The largest absolute Gasteiger partial charge is 0.493 e. The predicted molar refractivity (Wildman–Crippen MR) is 128 cm³/mol. The van der Waals surface area contributed by atoms with Crippen LogP contribution in [0.25, 0.3) is 0 Å². The molecule has 0 saturated heterocycles. The highest BCUT2D eigenvalue weighted by molar-refractivity contribution is 7.87. The van der Waals surface area contributed by atoms with Crippen LogP contribution in [0.4, 0.5) is 28.0 Å². The van der Waals surface area contributed by atoms with Crippen molar-refractivity contribution in [2.24, 2.45) is 0 Å². The van der Waals surface area contributed by atoms with Crippen LogP contribution in [0.5, 0.6) is 11.5 Å². The van der Waals surface area contributed by atoms with Crippen LogP contribution in [0.2, 0.25) is 0 Å². The Hall–Kier alpha value is -3.80. The molecule has 7 nitrogen and oxygen atoms in total. The number of carbonyl (C=O) groups is 1. The van der Waals surface area contributed by atoms with Gasteiger partial charge in [-0.1, -0.05) is 18.2 Å². The number of amides is 2. The van der Waals surface area contributed by atoms with Crippen LogP contribution in [-0.4, -0.2) is 32.5 Å². The molecule has 0 fully saturated rings. The number of carbonyl (C=O) groups excluding carboxylic acids is 1. The van der Waals surface area contributed by atoms with Crippen LogP contribution in [0.3, 0.4) is 0 Å². The standard InChI is InChI=1S/C25H24F4N2O5S/c1-16(2)31(24(32)30-20-8-5-7-19(26)14-20)15-17-10-11-22(35-3)23(12-17)36-37(33,34)21-9-4-6-18(13-21)25(27,28)29/h4-14,16H,15H2,1-3H3,(H,30,32). The Kier molecular flexibility index (Phi) is 8.32. The first kappa shape index (κ1) is 27.8. The number of methoxy groups -OCH3 is 1. The molecular formula is C25H24F4N2O5S. The zero-order valence-electron chi connectivity index (χ0n) is 20.0. The first-order chi connectivity index (χ1) is 17.3. The molecule has 0 spiro atoms. The van der Waals surface area contributed by atoms with Gasteiger partial charge in [-0.3, -0.25) is 0 Å². The zero-order chi connectivity index (χ0) is 27.4. The third-order valence-electron chi connectivity index (χ3n) is 5.19. The second-order valence-corrected chi connectivity index (χ2v) is 9.76. The van der Waals surface area contributed by atoms with Gasteiger partial charge in [0.15, 0.2) is 11.5 Å². The van der Waals surface area contributed by atoms with Crippen molar-refractivity contribution in [1.82, 2.24) is 4.90 Å². The highest BCUT2D eigenvalue weighted by Crippen LogP contribution is 2.34. The van der Waals surface area contributed by atoms with Crippen molar-refractivity contribution in [3.8, 4) is 11.5 Å². The second-order valence-electron chi connectivity index (χ2n) is 8.21. The SMILES string of the molecule is COc1ccc(CN(C(=O)Nc2cccc(F)c2)C(C)C)cc1OS(=O)(=O)c1cccc(C(F)(F)F)c1. The summed E-state index contributed by atoms with van der Waals surface area (Å²) in [4.78, 5) is 13.6. The van der Waals surface area contributed by atoms with E-state index in [1.54, 1.807) is 19.9 Å². The molecule has 37 heavy (non-hydrogen) atoms. The summed E-state index contributed by atoms with van der Waals surface area (Å²) in [6.07, 6.45) is -4.74. The molecule has 3 rings (SSSR count). The van der Waals surface area contributed by atoms with E-state index in [2.05, 4.69) is 5.32 Å². The molecule has 0 aromatic heterocycles. The summed E-state index contributed by atoms with van der Waals surface area (Å²) in [7, 11) is -3.39. The van der Waals surface area contributed by atoms with Crippen LogP contribution < -0.4 is 14.2 Å². The number of alkyl halides is 3. The van der Waals surface area contributed by atoms with E-state index in [9.17, 15) is 30.8 Å². The van der Waals surface area contributed by atoms with Gasteiger partial charge in [0.25, 0.3) is 0 Å². The van der Waals surface area contributed by atoms with Crippen LogP contribution in [-0.2, 0) is 22.8 Å². The van der Waals surface area contributed by atoms with Gasteiger partial charge in [-0.25, -0.2) is 9.18 Å². The van der Waals surface area contributed by atoms with Gasteiger partial charge in [-0.15, -0.1) is 0 Å². The van der Waals surface area contributed by atoms with E-state index in [0.29, 0.717) is 11.6 Å². The number of hydrogen-bond donors (Lipinski definition) is 1. The van der Waals surface area contributed by atoms with Gasteiger partial charge in [0.1, 0.15) is 10.7 Å². The Morgan fingerprint density at radius 2 is 1.70 bits per heavy atom. The predicted octanol–water partition coefficient (Wildman–Crippen LogP) is 6.06. The summed E-state index contributed by atoms with van der Waals surface area (Å²) < 4.78 is 88.5. The van der Waals surface area contributed by atoms with Crippen molar-refractivity contribution in [2.75, 3.05) is 12.4 Å². The molecule has 0 atom stereocenters. The van der Waals surface area contributed by atoms with E-state index in [1.165, 1.54) is 42.3 Å². The van der Waals surface area contributed by atoms with E-state index in [4.69, 9.17) is 8.92 Å². The van der Waals surface area contributed by atoms with Crippen LogP contribution >= 0.6 is 0 Å². The highest BCUT2D eigenvalue weighted by atomic mass is 32.2. The van der Waals surface area contributed by atoms with Gasteiger partial charge in [0.05, 0.1) is 12.7 Å². The van der Waals surface area contributed by atoms with Crippen molar-refractivity contribution in [2.45, 2.75) is 37.5 Å². The average molecular weight is 541 g/mol. The Morgan fingerprint density at radius 1 is 1.00 bits per heavy atom. The van der Waals surface area contributed by atoms with Gasteiger partial charge in [0, 0.05) is 18.3 Å². The molecule has 0 radical (unpaired) electrons. The number of nitrogens with zero attached hydrogens (tertiary/aromatic N) is 1. The monoisotopic (exact) mass is 540 g/mol. The molecule has 3 aromatic carbocycles. The number of anilines is 1. The maximum atomic E-state index is 13.5. The van der Waals surface area contributed by atoms with Gasteiger partial charge in [-0.2, -0.15) is 21.6 Å². The fraction of sp³-hybridized carbons (Fsp3) is 0.240. The molecule has 12 heteroatoms. The normalized spacial score (nSPS) is 11.8. The van der Waals surface area contributed by atoms with Gasteiger partial charge in [-0.05, 0) is 67.9 Å². The van der Waals surface area contributed by atoms with Crippen molar-refractivity contribution in [3.05, 3.63) is 83.7 Å². The van der Waals surface area contributed by atoms with Gasteiger partial charge >= 0.3 is 22.3 Å². The quantitative estimate of drug-likeness (QED) is 0.277. The van der Waals surface area contributed by atoms with E-state index < -0.39 is 38.6 Å². The number of hydrogen-bond acceptors (Lipinski definition) is 5. The number of nitrogens with one attached hydrogen (secondary N) is 1. The van der Waals surface area contributed by atoms with Gasteiger partial charge < -0.3 is 19.1 Å². The van der Waals surface area contributed by atoms with E-state index in [0.717, 1.165) is 24.3 Å². The molecule has 3 aromatic rings. The molecular weight excluding hydrogens is 516 g/mol. The lowest BCUT2D eigenvalue weighted by molar-refractivity contribution is -0.137. The minimum Gasteiger partial charge on any atom is -0.493 e. The maximum absolute atomic E-state index is 13.5. The number of urea groups is 1. The zero-order valence-corrected chi connectivity index (χ0v) is 20.9. The summed E-state index contributed by atoms with van der Waals surface area (Å²) in [6.45, 7) is 3.51. The Balaban J connectivity index is 1.87. The third-order valence-corrected chi connectivity index (χ3v) is 6.42. The molecule has 0 aliphatic carbocycles. The van der Waals surface area contributed by atoms with Crippen molar-refractivity contribution in [3.63, 3.8) is 0 Å². The van der Waals surface area contributed by atoms with Crippen molar-refractivity contribution < 1.29 is 39.7 Å². The third kappa shape index (κ3) is 7.13. The molecule has 198 valence electrons. The minimum atomic E-state index is -4.74. The van der Waals surface area contributed by atoms with Crippen molar-refractivity contribution >= 4 is 21.8 Å². The maximum Gasteiger partial charge on any atom is 0.416 e. The Labute approximate surface area is 211 Å². The van der Waals surface area contributed by atoms with E-state index in [1.807, 2.05) is 0 Å². The molecule has 0 heterocycles. The molecule has 0 aliphatic heterocycles. The lowest BCUT2D eigenvalue weighted by Crippen LogP contribution is -2.39. The molecule has 0 unspecified atom stereocenters. The lowest BCUT2D eigenvalue weighted by Gasteiger charge is -2.27. The average Bonchev–Trinajstić information content (AvgIpc) is 2.82. The molecule has 0 aliphatic rings. The first-order valence-corrected chi connectivity index (χ1v) is 12.3. The summed E-state index contributed by atoms with van der Waals surface area (Å²) in [5, 5.41) is 2.60. The summed E-state index contributed by atoms with van der Waals surface area (Å²) in [5.41, 5.74) is -0.450. The van der Waals surface area contributed by atoms with E-state index >= 15 is 0 Å². The highest BCUT2D eigenvalue weighted by Gasteiger charge is 2.32. The Bertz CT molecular complexity index is 1380. The minimum absolute atomic E-state index is 0.00275. The topological polar surface area (TPSA) is 84.9 Å². The number of rotatable bonds is 8. The van der Waals surface area contributed by atoms with Crippen LogP contribution in [0.15, 0.2) is 71.6 Å². The number of halogens is 4. The van der Waals surface area contributed by atoms with E-state index in [-0.39, 0.29) is 29.8 Å². The fourth-order valence-corrected chi connectivity index (χ4v) is 4.31. The smallest absolute Gasteiger partial charge is 0.416 e. The molecule has 2 amide bonds. The molecule has 0 bridgehead atoms. The second kappa shape index (κ2) is 11.1. The Morgan fingerprint density at radius 3 is 2.32 bits per heavy atom. The van der Waals surface area contributed by atoms with Gasteiger partial charge in [0.2, 0.25) is 0 Å². The van der Waals surface area contributed by atoms with Crippen LogP contribution in [0, 0.1) is 5.82 Å². The number of benzene rings is 3. The fourth-order valence-electron chi connectivity index (χ4n) is 3.33. The number of ether oxygens (including phenoxy) is 1. The summed E-state index contributed by atoms with van der Waals surface area (Å²) in [6, 6.07) is 12.0. The lowest BCUT2D eigenvalue weighted by atomic mass is 10.1. The molecule has 1 N–H and O–H groups in total.